The first kappa shape index (κ1) is 31.8. The number of carbonyl (C=O) groups excluding carboxylic acids is 3. The molecule has 5 rings (SSSR count). The fourth-order valence-corrected chi connectivity index (χ4v) is 7.72. The summed E-state index contributed by atoms with van der Waals surface area (Å²) in [6.07, 6.45) is 2.88. The van der Waals surface area contributed by atoms with Crippen molar-refractivity contribution in [2.75, 3.05) is 63.8 Å². The minimum atomic E-state index is -3.86. The van der Waals surface area contributed by atoms with Crippen LogP contribution in [-0.4, -0.2) is 122 Å². The maximum atomic E-state index is 14.1. The molecular weight excluding hydrogens is 594 g/mol. The minimum Gasteiger partial charge on any atom is -0.510 e. The van der Waals surface area contributed by atoms with E-state index in [4.69, 9.17) is 0 Å². The SMILES string of the molecule is CN(C)c1cc(NS(C)(=O)=O)c(O)c2c1CC1CC3[C@H](N(C)C)C(O)=C(C(=O)NCN4CCCC4)C(=O)[C@@]3(O)C(O)=C1C2=O. The Labute approximate surface area is 255 Å². The van der Waals surface area contributed by atoms with Crippen molar-refractivity contribution in [2.45, 2.75) is 37.3 Å². The highest BCUT2D eigenvalue weighted by atomic mass is 32.2. The minimum absolute atomic E-state index is 0.0284. The van der Waals surface area contributed by atoms with Gasteiger partial charge in [-0.3, -0.25) is 28.9 Å². The number of rotatable bonds is 7. The van der Waals surface area contributed by atoms with Crippen LogP contribution < -0.4 is 14.9 Å². The van der Waals surface area contributed by atoms with Crippen LogP contribution in [0.3, 0.4) is 0 Å². The predicted octanol–water partition coefficient (Wildman–Crippen LogP) is 0.242. The number of aliphatic hydroxyl groups is 3. The average Bonchev–Trinajstić information content (AvgIpc) is 3.44. The van der Waals surface area contributed by atoms with E-state index < -0.39 is 73.8 Å². The number of benzene rings is 1. The number of anilines is 2. The third kappa shape index (κ3) is 5.01. The van der Waals surface area contributed by atoms with Gasteiger partial charge in [0.25, 0.3) is 5.91 Å². The molecule has 44 heavy (non-hydrogen) atoms. The van der Waals surface area contributed by atoms with Crippen molar-refractivity contribution in [1.82, 2.24) is 15.1 Å². The first-order valence-corrected chi connectivity index (χ1v) is 16.3. The largest absolute Gasteiger partial charge is 0.510 e. The number of fused-ring (bicyclic) bond motifs is 3. The van der Waals surface area contributed by atoms with Crippen LogP contribution in [0.2, 0.25) is 0 Å². The van der Waals surface area contributed by atoms with E-state index in [-0.39, 0.29) is 36.3 Å². The highest BCUT2D eigenvalue weighted by Crippen LogP contribution is 2.54. The van der Waals surface area contributed by atoms with Gasteiger partial charge in [0.15, 0.2) is 17.1 Å². The van der Waals surface area contributed by atoms with Crippen LogP contribution in [0.1, 0.15) is 35.2 Å². The highest BCUT2D eigenvalue weighted by Gasteiger charge is 2.63. The molecule has 4 aliphatic rings. The smallest absolute Gasteiger partial charge is 0.259 e. The second-order valence-electron chi connectivity index (χ2n) is 12.5. The normalized spacial score (nSPS) is 27.3. The number of nitrogens with one attached hydrogen (secondary N) is 2. The molecule has 0 radical (unpaired) electrons. The number of aromatic hydroxyl groups is 1. The number of hydrogen-bond acceptors (Lipinski definition) is 12. The third-order valence-electron chi connectivity index (χ3n) is 9.12. The summed E-state index contributed by atoms with van der Waals surface area (Å²) in [5, 5.41) is 48.8. The lowest BCUT2D eigenvalue weighted by molar-refractivity contribution is -0.148. The molecule has 1 saturated heterocycles. The van der Waals surface area contributed by atoms with Gasteiger partial charge in [0.2, 0.25) is 15.8 Å². The van der Waals surface area contributed by atoms with E-state index in [0.29, 0.717) is 11.3 Å². The molecular formula is C29H39N5O9S. The highest BCUT2D eigenvalue weighted by molar-refractivity contribution is 7.92. The number of amides is 1. The van der Waals surface area contributed by atoms with Crippen LogP contribution >= 0.6 is 0 Å². The van der Waals surface area contributed by atoms with E-state index in [1.54, 1.807) is 38.0 Å². The number of allylic oxidation sites excluding steroid dienone is 1. The Bertz CT molecular complexity index is 1610. The van der Waals surface area contributed by atoms with E-state index in [1.165, 1.54) is 6.07 Å². The number of aliphatic hydroxyl groups excluding tert-OH is 2. The van der Waals surface area contributed by atoms with Crippen molar-refractivity contribution in [3.8, 4) is 5.75 Å². The van der Waals surface area contributed by atoms with Gasteiger partial charge in [-0.2, -0.15) is 0 Å². The fourth-order valence-electron chi connectivity index (χ4n) is 7.17. The lowest BCUT2D eigenvalue weighted by atomic mass is 9.58. The Morgan fingerprint density at radius 2 is 1.75 bits per heavy atom. The molecule has 4 atom stereocenters. The average molecular weight is 634 g/mol. The molecule has 2 unspecified atom stereocenters. The summed E-state index contributed by atoms with van der Waals surface area (Å²) in [6.45, 7) is 1.64. The molecule has 0 spiro atoms. The number of ketones is 2. The maximum Gasteiger partial charge on any atom is 0.259 e. The summed E-state index contributed by atoms with van der Waals surface area (Å²) in [4.78, 5) is 46.5. The van der Waals surface area contributed by atoms with Gasteiger partial charge >= 0.3 is 0 Å². The van der Waals surface area contributed by atoms with Gasteiger partial charge in [0.1, 0.15) is 17.1 Å². The summed E-state index contributed by atoms with van der Waals surface area (Å²) < 4.78 is 26.2. The summed E-state index contributed by atoms with van der Waals surface area (Å²) in [5.41, 5.74) is -3.42. The molecule has 0 bridgehead atoms. The van der Waals surface area contributed by atoms with Crippen molar-refractivity contribution in [3.05, 3.63) is 39.9 Å². The van der Waals surface area contributed by atoms with Gasteiger partial charge in [0, 0.05) is 31.3 Å². The van der Waals surface area contributed by atoms with E-state index in [1.807, 2.05) is 4.90 Å². The van der Waals surface area contributed by atoms with E-state index in [9.17, 15) is 43.2 Å². The first-order chi connectivity index (χ1) is 20.5. The molecule has 240 valence electrons. The lowest BCUT2D eigenvalue weighted by Gasteiger charge is -2.50. The number of likely N-dealkylation sites (tertiary alicyclic amines) is 1. The van der Waals surface area contributed by atoms with Crippen LogP contribution in [-0.2, 0) is 26.0 Å². The standard InChI is InChI=1S/C29H39N5O9S/c1-32(2)18-12-17(31-44(5,42)43)23(35)20-15(18)10-14-11-16-22(33(3)4)25(37)21(28(40)30-13-34-8-6-7-9-34)27(39)29(16,41)26(38)19(14)24(20)36/h12,14,16,22,31,35,37-38,41H,6-11,13H2,1-5H3,(H,30,40)/t14?,16?,22-,29-/m0/s1. The van der Waals surface area contributed by atoms with Gasteiger partial charge in [-0.05, 0) is 70.4 Å². The second-order valence-corrected chi connectivity index (χ2v) is 14.3. The van der Waals surface area contributed by atoms with Crippen LogP contribution in [0.15, 0.2) is 28.7 Å². The molecule has 1 heterocycles. The van der Waals surface area contributed by atoms with Crippen molar-refractivity contribution < 1.29 is 43.2 Å². The third-order valence-corrected chi connectivity index (χ3v) is 9.71. The van der Waals surface area contributed by atoms with E-state index >= 15 is 0 Å². The molecule has 14 nitrogen and oxygen atoms in total. The van der Waals surface area contributed by atoms with Crippen LogP contribution in [0.4, 0.5) is 11.4 Å². The predicted molar refractivity (Wildman–Crippen MR) is 161 cm³/mol. The molecule has 1 aromatic rings. The van der Waals surface area contributed by atoms with Gasteiger partial charge in [-0.15, -0.1) is 0 Å². The van der Waals surface area contributed by atoms with Crippen molar-refractivity contribution in [3.63, 3.8) is 0 Å². The molecule has 6 N–H and O–H groups in total. The maximum absolute atomic E-state index is 14.1. The van der Waals surface area contributed by atoms with Crippen LogP contribution in [0.5, 0.6) is 5.75 Å². The van der Waals surface area contributed by atoms with Crippen LogP contribution in [0.25, 0.3) is 0 Å². The topological polar surface area (TPSA) is 200 Å². The molecule has 0 aromatic heterocycles. The number of carbonyl (C=O) groups is 3. The Morgan fingerprint density at radius 1 is 1.11 bits per heavy atom. The number of nitrogens with zero attached hydrogens (tertiary/aromatic N) is 3. The van der Waals surface area contributed by atoms with Gasteiger partial charge < -0.3 is 30.6 Å². The summed E-state index contributed by atoms with van der Waals surface area (Å²) in [7, 11) is 2.72. The summed E-state index contributed by atoms with van der Waals surface area (Å²) >= 11 is 0. The van der Waals surface area contributed by atoms with Gasteiger partial charge in [0.05, 0.1) is 30.2 Å². The Hall–Kier alpha value is -3.66. The van der Waals surface area contributed by atoms with E-state index in [2.05, 4.69) is 10.0 Å². The molecule has 3 aliphatic carbocycles. The Kier molecular flexibility index (Phi) is 7.98. The number of likely N-dealkylation sites (N-methyl/N-ethyl adjacent to an activating group) is 1. The zero-order valence-corrected chi connectivity index (χ0v) is 26.2. The fraction of sp³-hybridized carbons (Fsp3) is 0.552. The molecule has 0 saturated carbocycles. The van der Waals surface area contributed by atoms with Crippen LogP contribution in [0, 0.1) is 11.8 Å². The summed E-state index contributed by atoms with van der Waals surface area (Å²) in [5.74, 6) is -7.04. The zero-order valence-electron chi connectivity index (χ0n) is 25.3. The van der Waals surface area contributed by atoms with E-state index in [0.717, 1.165) is 32.2 Å². The number of hydrogen-bond donors (Lipinski definition) is 6. The first-order valence-electron chi connectivity index (χ1n) is 14.4. The number of phenolic OH excluding ortho intramolecular Hbond substituents is 1. The molecule has 15 heteroatoms. The lowest BCUT2D eigenvalue weighted by Crippen LogP contribution is -2.64. The number of sulfonamides is 1. The Balaban J connectivity index is 1.63. The van der Waals surface area contributed by atoms with Gasteiger partial charge in [-0.25, -0.2) is 8.42 Å². The van der Waals surface area contributed by atoms with Crippen molar-refractivity contribution in [2.24, 2.45) is 11.8 Å². The molecule has 1 fully saturated rings. The van der Waals surface area contributed by atoms with Crippen molar-refractivity contribution >= 4 is 38.9 Å². The quantitative estimate of drug-likeness (QED) is 0.177. The summed E-state index contributed by atoms with van der Waals surface area (Å²) in [6, 6.07) is 0.346. The Morgan fingerprint density at radius 3 is 2.32 bits per heavy atom. The van der Waals surface area contributed by atoms with Gasteiger partial charge in [-0.1, -0.05) is 0 Å². The number of phenols is 1. The van der Waals surface area contributed by atoms with Crippen molar-refractivity contribution in [1.29, 1.82) is 0 Å². The second kappa shape index (κ2) is 11.1. The molecule has 1 amide bonds. The molecule has 1 aliphatic heterocycles. The number of Topliss-reactive ketones (excluding diaryl/α,β-unsaturated/α-hetero) is 2. The molecule has 1 aromatic carbocycles. The monoisotopic (exact) mass is 633 g/mol. The zero-order chi connectivity index (χ0) is 32.5.